The maximum Gasteiger partial charge on any atom is 0.192 e. The predicted octanol–water partition coefficient (Wildman–Crippen LogP) is 6.32. The Hall–Kier alpha value is -2.15. The van der Waals surface area contributed by atoms with Gasteiger partial charge in [0.15, 0.2) is 8.46 Å². The molecule has 1 aliphatic heterocycles. The second-order valence-electron chi connectivity index (χ2n) is 6.25. The average Bonchev–Trinajstić information content (AvgIpc) is 2.60. The van der Waals surface area contributed by atoms with Crippen molar-refractivity contribution in [1.29, 1.82) is 0 Å². The molecule has 3 aromatic rings. The van der Waals surface area contributed by atoms with E-state index in [4.69, 9.17) is 0 Å². The van der Waals surface area contributed by atoms with E-state index in [2.05, 4.69) is 55.6 Å². The molecule has 2 aliphatic rings. The summed E-state index contributed by atoms with van der Waals surface area (Å²) in [6.45, 7) is 8.48. The van der Waals surface area contributed by atoms with Crippen molar-refractivity contribution in [2.45, 2.75) is 16.2 Å². The maximum atomic E-state index is 11.9. The summed E-state index contributed by atoms with van der Waals surface area (Å²) in [5.74, 6) is 0. The Morgan fingerprint density at radius 2 is 1.71 bits per heavy atom. The maximum absolute atomic E-state index is 11.9. The fraction of sp³-hybridized carbons (Fsp3) is 0.0476. The van der Waals surface area contributed by atoms with Gasteiger partial charge in [-0.15, -0.1) is 0 Å². The third-order valence-electron chi connectivity index (χ3n) is 4.88. The summed E-state index contributed by atoms with van der Waals surface area (Å²) in [5, 5.41) is 3.25. The molecule has 0 bridgehead atoms. The number of hydrogen-bond acceptors (Lipinski definition) is 2. The molecular weight excluding hydrogens is 331 g/mol. The highest BCUT2D eigenvalue weighted by atomic mass is 32.2. The van der Waals surface area contributed by atoms with Gasteiger partial charge < -0.3 is 0 Å². The first kappa shape index (κ1) is 14.2. The zero-order valence-electron chi connectivity index (χ0n) is 12.9. The van der Waals surface area contributed by atoms with Crippen molar-refractivity contribution in [2.75, 3.05) is 0 Å². The van der Waals surface area contributed by atoms with E-state index in [-0.39, 0.29) is 8.46 Å². The van der Waals surface area contributed by atoms with Crippen molar-refractivity contribution in [1.82, 2.24) is 0 Å². The second kappa shape index (κ2) is 4.92. The van der Waals surface area contributed by atoms with Gasteiger partial charge in [0.05, 0.1) is 5.30 Å². The minimum absolute atomic E-state index is 0.0434. The lowest BCUT2D eigenvalue weighted by molar-refractivity contribution is 0.603. The molecule has 3 aromatic carbocycles. The number of hydrogen-bond donors (Lipinski definition) is 0. The van der Waals surface area contributed by atoms with E-state index in [1.165, 1.54) is 37.3 Å². The van der Waals surface area contributed by atoms with Gasteiger partial charge in [0.2, 0.25) is 0 Å². The quantitative estimate of drug-likeness (QED) is 0.376. The van der Waals surface area contributed by atoms with Crippen molar-refractivity contribution in [3.8, 4) is 11.1 Å². The fourth-order valence-corrected chi connectivity index (χ4v) is 5.54. The van der Waals surface area contributed by atoms with Crippen LogP contribution in [0.4, 0.5) is 0 Å². The molecule has 0 unspecified atom stereocenters. The number of rotatable bonds is 1. The smallest absolute Gasteiger partial charge is 0.192 e. The van der Waals surface area contributed by atoms with Crippen molar-refractivity contribution < 1.29 is 4.57 Å². The van der Waals surface area contributed by atoms with Crippen LogP contribution in [0, 0.1) is 0 Å². The number of allylic oxidation sites excluding steroid dienone is 2. The molecule has 0 radical (unpaired) electrons. The largest absolute Gasteiger partial charge is 0.269 e. The van der Waals surface area contributed by atoms with Crippen LogP contribution in [-0.4, -0.2) is 0 Å². The van der Waals surface area contributed by atoms with Gasteiger partial charge in [-0.05, 0) is 57.8 Å². The van der Waals surface area contributed by atoms with Gasteiger partial charge in [-0.25, -0.2) is 0 Å². The van der Waals surface area contributed by atoms with E-state index in [0.29, 0.717) is 0 Å². The Kier molecular flexibility index (Phi) is 2.92. The van der Waals surface area contributed by atoms with E-state index in [0.717, 1.165) is 28.4 Å². The molecule has 0 amide bonds. The molecule has 0 fully saturated rings. The van der Waals surface area contributed by atoms with Crippen LogP contribution in [0.3, 0.4) is 0 Å². The molecule has 0 atom stereocenters. The zero-order chi connectivity index (χ0) is 16.4. The Bertz CT molecular complexity index is 1110. The summed E-state index contributed by atoms with van der Waals surface area (Å²) in [7, 11) is 0.0434. The first-order valence-electron chi connectivity index (χ1n) is 7.79. The number of benzene rings is 3. The normalized spacial score (nSPS) is 15.0. The first-order valence-corrected chi connectivity index (χ1v) is 9.42. The Morgan fingerprint density at radius 1 is 0.875 bits per heavy atom. The van der Waals surface area contributed by atoms with Crippen molar-refractivity contribution in [2.24, 2.45) is 0 Å². The highest BCUT2D eigenvalue weighted by Gasteiger charge is 2.28. The molecule has 1 heterocycles. The van der Waals surface area contributed by atoms with Crippen LogP contribution in [0.1, 0.15) is 17.5 Å². The molecule has 3 heteroatoms. The van der Waals surface area contributed by atoms with Gasteiger partial charge in [0, 0.05) is 20.7 Å². The van der Waals surface area contributed by atoms with E-state index in [1.54, 1.807) is 11.8 Å². The topological polar surface area (TPSA) is 17.1 Å². The molecule has 0 N–H and O–H groups in total. The molecule has 1 aliphatic carbocycles. The summed E-state index contributed by atoms with van der Waals surface area (Å²) in [4.78, 5) is 2.50. The van der Waals surface area contributed by atoms with Crippen molar-refractivity contribution >= 4 is 47.4 Å². The molecule has 1 nitrogen and oxygen atoms in total. The van der Waals surface area contributed by atoms with Gasteiger partial charge >= 0.3 is 0 Å². The van der Waals surface area contributed by atoms with Crippen LogP contribution in [0.25, 0.3) is 33.0 Å². The van der Waals surface area contributed by atoms with Crippen LogP contribution >= 0.6 is 20.2 Å². The standard InChI is InChI=1S/C21H13OPS/c1-11-9-12(2)19-16(23-22)10-15-14-5-3-4-6-17(14)24-18-8-7-13(11)21(19)20(15)18/h3-8,10H,1-2,9H2. The van der Waals surface area contributed by atoms with E-state index >= 15 is 0 Å². The lowest BCUT2D eigenvalue weighted by Crippen LogP contribution is -2.11. The van der Waals surface area contributed by atoms with Crippen LogP contribution < -0.4 is 5.30 Å². The Balaban J connectivity index is 2.06. The lowest BCUT2D eigenvalue weighted by atomic mass is 9.81. The Labute approximate surface area is 146 Å². The predicted molar refractivity (Wildman–Crippen MR) is 103 cm³/mol. The summed E-state index contributed by atoms with van der Waals surface area (Å²) in [6.07, 6.45) is 0.743. The van der Waals surface area contributed by atoms with Gasteiger partial charge in [-0.2, -0.15) is 0 Å². The third kappa shape index (κ3) is 1.73. The summed E-state index contributed by atoms with van der Waals surface area (Å²) >= 11 is 1.80. The third-order valence-corrected chi connectivity index (χ3v) is 6.57. The molecular formula is C21H13OPS. The van der Waals surface area contributed by atoms with Gasteiger partial charge in [-0.1, -0.05) is 49.2 Å². The highest BCUT2D eigenvalue weighted by Crippen LogP contribution is 2.52. The van der Waals surface area contributed by atoms with Crippen molar-refractivity contribution in [3.05, 3.63) is 66.7 Å². The molecule has 114 valence electrons. The second-order valence-corrected chi connectivity index (χ2v) is 8.00. The van der Waals surface area contributed by atoms with Crippen LogP contribution in [0.5, 0.6) is 0 Å². The Morgan fingerprint density at radius 3 is 2.54 bits per heavy atom. The summed E-state index contributed by atoms with van der Waals surface area (Å²) < 4.78 is 11.9. The zero-order valence-corrected chi connectivity index (χ0v) is 14.6. The number of fused-ring (bicyclic) bond motifs is 2. The molecule has 0 saturated heterocycles. The van der Waals surface area contributed by atoms with Crippen LogP contribution in [-0.2, 0) is 4.57 Å². The molecule has 5 rings (SSSR count). The average molecular weight is 344 g/mol. The van der Waals surface area contributed by atoms with Gasteiger partial charge in [0.1, 0.15) is 0 Å². The summed E-state index contributed by atoms with van der Waals surface area (Å²) in [5.41, 5.74) is 6.70. The highest BCUT2D eigenvalue weighted by molar-refractivity contribution is 7.99. The molecule has 0 aromatic heterocycles. The SMILES string of the molecule is C=C1CC(=C)c2c(P=O)cc3c4c(ccc1c24)Sc1ccccc1-3. The monoisotopic (exact) mass is 344 g/mol. The van der Waals surface area contributed by atoms with Crippen molar-refractivity contribution in [3.63, 3.8) is 0 Å². The van der Waals surface area contributed by atoms with E-state index in [9.17, 15) is 4.57 Å². The minimum atomic E-state index is 0.0434. The van der Waals surface area contributed by atoms with Crippen LogP contribution in [0.15, 0.2) is 65.4 Å². The molecule has 24 heavy (non-hydrogen) atoms. The minimum Gasteiger partial charge on any atom is -0.269 e. The summed E-state index contributed by atoms with van der Waals surface area (Å²) in [6, 6.07) is 14.9. The fourth-order valence-electron chi connectivity index (χ4n) is 3.88. The van der Waals surface area contributed by atoms with Gasteiger partial charge in [-0.3, -0.25) is 4.57 Å². The van der Waals surface area contributed by atoms with Gasteiger partial charge in [0.25, 0.3) is 0 Å². The molecule has 0 spiro atoms. The lowest BCUT2D eigenvalue weighted by Gasteiger charge is -2.28. The van der Waals surface area contributed by atoms with E-state index < -0.39 is 0 Å². The van der Waals surface area contributed by atoms with Crippen LogP contribution in [0.2, 0.25) is 0 Å². The first-order chi connectivity index (χ1) is 11.7. The van der Waals surface area contributed by atoms with E-state index in [1.807, 2.05) is 0 Å². The molecule has 0 saturated carbocycles.